The second-order valence-electron chi connectivity index (χ2n) is 5.73. The molecule has 18 heavy (non-hydrogen) atoms. The quantitative estimate of drug-likeness (QED) is 0.764. The fourth-order valence-corrected chi connectivity index (χ4v) is 2.26. The van der Waals surface area contributed by atoms with E-state index in [2.05, 4.69) is 35.3 Å². The fourth-order valence-electron chi connectivity index (χ4n) is 1.94. The molecule has 3 nitrogen and oxygen atoms in total. The van der Waals surface area contributed by atoms with E-state index in [9.17, 15) is 0 Å². The minimum atomic E-state index is -0.152. The number of halogens is 2. The van der Waals surface area contributed by atoms with Crippen LogP contribution >= 0.6 is 23.2 Å². The number of nitrogens with zero attached hydrogens (tertiary/aromatic N) is 3. The monoisotopic (exact) mass is 285 g/mol. The van der Waals surface area contributed by atoms with Crippen molar-refractivity contribution in [1.29, 1.82) is 0 Å². The lowest BCUT2D eigenvalue weighted by atomic mass is 9.97. The van der Waals surface area contributed by atoms with Gasteiger partial charge in [-0.3, -0.25) is 0 Å². The number of aromatic nitrogens is 3. The van der Waals surface area contributed by atoms with Crippen molar-refractivity contribution in [2.24, 2.45) is 5.41 Å². The molecule has 0 aromatic carbocycles. The molecule has 0 aliphatic rings. The third kappa shape index (κ3) is 2.78. The standard InChI is InChI=1S/C13H17Cl2N3/c1-8(14)11-17-10-5-9(15)6-16-12(10)18(11)7-13(2,3)4/h5-6,8H,7H2,1-4H3. The Morgan fingerprint density at radius 3 is 2.61 bits per heavy atom. The summed E-state index contributed by atoms with van der Waals surface area (Å²) in [5.74, 6) is 0.844. The van der Waals surface area contributed by atoms with E-state index in [1.54, 1.807) is 6.20 Å². The highest BCUT2D eigenvalue weighted by molar-refractivity contribution is 6.31. The van der Waals surface area contributed by atoms with Gasteiger partial charge in [0.25, 0.3) is 0 Å². The van der Waals surface area contributed by atoms with Crippen molar-refractivity contribution in [3.05, 3.63) is 23.1 Å². The molecule has 1 unspecified atom stereocenters. The van der Waals surface area contributed by atoms with Gasteiger partial charge in [-0.05, 0) is 18.4 Å². The van der Waals surface area contributed by atoms with Crippen LogP contribution in [0.25, 0.3) is 11.2 Å². The Morgan fingerprint density at radius 2 is 2.06 bits per heavy atom. The van der Waals surface area contributed by atoms with Crippen LogP contribution in [0.3, 0.4) is 0 Å². The summed E-state index contributed by atoms with van der Waals surface area (Å²) in [7, 11) is 0. The van der Waals surface area contributed by atoms with Crippen LogP contribution in [0.4, 0.5) is 0 Å². The topological polar surface area (TPSA) is 30.7 Å². The zero-order valence-corrected chi connectivity index (χ0v) is 12.5. The van der Waals surface area contributed by atoms with E-state index >= 15 is 0 Å². The van der Waals surface area contributed by atoms with Crippen molar-refractivity contribution in [1.82, 2.24) is 14.5 Å². The number of hydrogen-bond donors (Lipinski definition) is 0. The average Bonchev–Trinajstić information content (AvgIpc) is 2.54. The van der Waals surface area contributed by atoms with Gasteiger partial charge in [-0.15, -0.1) is 11.6 Å². The SMILES string of the molecule is CC(Cl)c1nc2cc(Cl)cnc2n1CC(C)(C)C. The minimum absolute atomic E-state index is 0.134. The number of rotatable bonds is 2. The zero-order valence-electron chi connectivity index (χ0n) is 11.0. The van der Waals surface area contributed by atoms with Crippen molar-refractivity contribution >= 4 is 34.4 Å². The van der Waals surface area contributed by atoms with Crippen LogP contribution in [0.1, 0.15) is 38.9 Å². The number of fused-ring (bicyclic) bond motifs is 1. The maximum absolute atomic E-state index is 6.20. The van der Waals surface area contributed by atoms with E-state index < -0.39 is 0 Å². The first-order chi connectivity index (χ1) is 8.28. The summed E-state index contributed by atoms with van der Waals surface area (Å²) in [6, 6.07) is 1.83. The summed E-state index contributed by atoms with van der Waals surface area (Å²) in [6.07, 6.45) is 1.65. The van der Waals surface area contributed by atoms with Crippen LogP contribution in [0.2, 0.25) is 5.02 Å². The summed E-state index contributed by atoms with van der Waals surface area (Å²) in [4.78, 5) is 8.92. The largest absolute Gasteiger partial charge is 0.311 e. The van der Waals surface area contributed by atoms with Crippen molar-refractivity contribution < 1.29 is 0 Å². The van der Waals surface area contributed by atoms with E-state index in [0.29, 0.717) is 5.02 Å². The van der Waals surface area contributed by atoms with Crippen molar-refractivity contribution in [3.63, 3.8) is 0 Å². The molecule has 0 aliphatic heterocycles. The summed E-state index contributed by atoms with van der Waals surface area (Å²) < 4.78 is 2.09. The Bertz CT molecular complexity index is 567. The summed E-state index contributed by atoms with van der Waals surface area (Å²) >= 11 is 12.2. The van der Waals surface area contributed by atoms with Crippen molar-refractivity contribution in [2.45, 2.75) is 39.6 Å². The van der Waals surface area contributed by atoms with E-state index in [1.165, 1.54) is 0 Å². The van der Waals surface area contributed by atoms with Gasteiger partial charge in [0.1, 0.15) is 11.3 Å². The Balaban J connectivity index is 2.63. The van der Waals surface area contributed by atoms with Crippen LogP contribution in [-0.2, 0) is 6.54 Å². The van der Waals surface area contributed by atoms with E-state index in [0.717, 1.165) is 23.5 Å². The van der Waals surface area contributed by atoms with Crippen LogP contribution in [-0.4, -0.2) is 14.5 Å². The number of hydrogen-bond acceptors (Lipinski definition) is 2. The number of imidazole rings is 1. The average molecular weight is 286 g/mol. The summed E-state index contributed by atoms with van der Waals surface area (Å²) in [5.41, 5.74) is 1.78. The fraction of sp³-hybridized carbons (Fsp3) is 0.538. The highest BCUT2D eigenvalue weighted by Gasteiger charge is 2.20. The molecular formula is C13H17Cl2N3. The first kappa shape index (κ1) is 13.6. The molecule has 2 rings (SSSR count). The molecule has 0 N–H and O–H groups in total. The highest BCUT2D eigenvalue weighted by atomic mass is 35.5. The van der Waals surface area contributed by atoms with Gasteiger partial charge >= 0.3 is 0 Å². The lowest BCUT2D eigenvalue weighted by molar-refractivity contribution is 0.342. The molecule has 2 aromatic heterocycles. The molecule has 2 heterocycles. The predicted molar refractivity (Wildman–Crippen MR) is 76.3 cm³/mol. The molecule has 0 amide bonds. The van der Waals surface area contributed by atoms with Gasteiger partial charge in [0.2, 0.25) is 0 Å². The molecule has 1 atom stereocenters. The van der Waals surface area contributed by atoms with E-state index in [4.69, 9.17) is 23.2 Å². The second kappa shape index (κ2) is 4.71. The second-order valence-corrected chi connectivity index (χ2v) is 6.82. The molecule has 2 aromatic rings. The Labute approximate surface area is 117 Å². The van der Waals surface area contributed by atoms with Crippen LogP contribution < -0.4 is 0 Å². The van der Waals surface area contributed by atoms with Gasteiger partial charge < -0.3 is 4.57 Å². The zero-order chi connectivity index (χ0) is 13.5. The summed E-state index contributed by atoms with van der Waals surface area (Å²) in [6.45, 7) is 9.28. The molecule has 0 radical (unpaired) electrons. The molecule has 0 aliphatic carbocycles. The van der Waals surface area contributed by atoms with Crippen LogP contribution in [0.15, 0.2) is 12.3 Å². The van der Waals surface area contributed by atoms with Gasteiger partial charge in [0.05, 0.1) is 10.4 Å². The lowest BCUT2D eigenvalue weighted by Crippen LogP contribution is -2.18. The van der Waals surface area contributed by atoms with Gasteiger partial charge in [0.15, 0.2) is 5.65 Å². The Hall–Kier alpha value is -0.800. The third-order valence-electron chi connectivity index (χ3n) is 2.57. The first-order valence-electron chi connectivity index (χ1n) is 5.94. The smallest absolute Gasteiger partial charge is 0.160 e. The Morgan fingerprint density at radius 1 is 1.39 bits per heavy atom. The molecule has 0 saturated heterocycles. The Kier molecular flexibility index (Phi) is 3.56. The molecule has 0 fully saturated rings. The molecule has 5 heteroatoms. The number of pyridine rings is 1. The van der Waals surface area contributed by atoms with Crippen molar-refractivity contribution in [3.8, 4) is 0 Å². The molecule has 98 valence electrons. The van der Waals surface area contributed by atoms with Crippen LogP contribution in [0, 0.1) is 5.41 Å². The lowest BCUT2D eigenvalue weighted by Gasteiger charge is -2.21. The molecule has 0 bridgehead atoms. The molecular weight excluding hydrogens is 269 g/mol. The van der Waals surface area contributed by atoms with Crippen molar-refractivity contribution in [2.75, 3.05) is 0 Å². The van der Waals surface area contributed by atoms with Gasteiger partial charge in [0, 0.05) is 12.7 Å². The van der Waals surface area contributed by atoms with Gasteiger partial charge in [-0.1, -0.05) is 32.4 Å². The normalized spacial score (nSPS) is 14.1. The first-order valence-corrected chi connectivity index (χ1v) is 6.75. The number of alkyl halides is 1. The predicted octanol–water partition coefficient (Wildman–Crippen LogP) is 4.43. The maximum atomic E-state index is 6.20. The van der Waals surface area contributed by atoms with Gasteiger partial charge in [-0.2, -0.15) is 0 Å². The third-order valence-corrected chi connectivity index (χ3v) is 2.97. The molecule has 0 spiro atoms. The highest BCUT2D eigenvalue weighted by Crippen LogP contribution is 2.28. The van der Waals surface area contributed by atoms with Gasteiger partial charge in [-0.25, -0.2) is 9.97 Å². The maximum Gasteiger partial charge on any atom is 0.160 e. The van der Waals surface area contributed by atoms with E-state index in [-0.39, 0.29) is 10.8 Å². The summed E-state index contributed by atoms with van der Waals surface area (Å²) in [5, 5.41) is 0.442. The molecule has 0 saturated carbocycles. The van der Waals surface area contributed by atoms with E-state index in [1.807, 2.05) is 13.0 Å². The minimum Gasteiger partial charge on any atom is -0.311 e. The van der Waals surface area contributed by atoms with Crippen LogP contribution in [0.5, 0.6) is 0 Å².